The number of aryl methyl sites for hydroxylation is 4. The maximum Gasteiger partial charge on any atom is 0.121 e. The Hall–Kier alpha value is -1.96. The molecule has 28 heavy (non-hydrogen) atoms. The number of aromatic hydroxyl groups is 2. The van der Waals surface area contributed by atoms with Gasteiger partial charge in [0.05, 0.1) is 0 Å². The molecule has 2 heteroatoms. The molecule has 0 radical (unpaired) electrons. The van der Waals surface area contributed by atoms with Crippen LogP contribution < -0.4 is 0 Å². The van der Waals surface area contributed by atoms with Gasteiger partial charge in [-0.3, -0.25) is 0 Å². The van der Waals surface area contributed by atoms with Crippen molar-refractivity contribution < 1.29 is 10.2 Å². The second kappa shape index (κ2) is 7.13. The molecule has 2 aromatic rings. The summed E-state index contributed by atoms with van der Waals surface area (Å²) >= 11 is 0. The van der Waals surface area contributed by atoms with Crippen molar-refractivity contribution in [1.82, 2.24) is 0 Å². The lowest BCUT2D eigenvalue weighted by Gasteiger charge is -2.47. The molecule has 2 nitrogen and oxygen atoms in total. The number of hydrogen-bond donors (Lipinski definition) is 2. The van der Waals surface area contributed by atoms with Crippen LogP contribution in [0.3, 0.4) is 0 Å². The summed E-state index contributed by atoms with van der Waals surface area (Å²) in [5.41, 5.74) is 6.56. The van der Waals surface area contributed by atoms with Gasteiger partial charge in [0.1, 0.15) is 11.5 Å². The van der Waals surface area contributed by atoms with Crippen molar-refractivity contribution in [2.45, 2.75) is 79.6 Å². The smallest absolute Gasteiger partial charge is 0.121 e. The van der Waals surface area contributed by atoms with Crippen LogP contribution in [0.4, 0.5) is 0 Å². The van der Waals surface area contributed by atoms with Crippen LogP contribution in [0.1, 0.15) is 79.8 Å². The van der Waals surface area contributed by atoms with Gasteiger partial charge in [-0.1, -0.05) is 51.5 Å². The first-order chi connectivity index (χ1) is 13.0. The van der Waals surface area contributed by atoms with E-state index in [9.17, 15) is 10.2 Å². The Kier molecular flexibility index (Phi) is 5.29. The minimum Gasteiger partial charge on any atom is -0.507 e. The van der Waals surface area contributed by atoms with Gasteiger partial charge in [-0.2, -0.15) is 0 Å². The maximum atomic E-state index is 10.4. The van der Waals surface area contributed by atoms with E-state index in [0.29, 0.717) is 17.4 Å². The third-order valence-corrected chi connectivity index (χ3v) is 7.06. The van der Waals surface area contributed by atoms with Crippen LogP contribution in [0.2, 0.25) is 0 Å². The van der Waals surface area contributed by atoms with E-state index in [0.717, 1.165) is 35.1 Å². The summed E-state index contributed by atoms with van der Waals surface area (Å²) < 4.78 is 0. The summed E-state index contributed by atoms with van der Waals surface area (Å²) in [6.45, 7) is 15.1. The van der Waals surface area contributed by atoms with E-state index in [2.05, 4.69) is 45.0 Å². The molecule has 1 unspecified atom stereocenters. The van der Waals surface area contributed by atoms with E-state index in [1.807, 2.05) is 27.7 Å². The number of rotatable bonds is 2. The molecule has 1 aliphatic rings. The molecule has 3 rings (SSSR count). The molecule has 0 aliphatic heterocycles. The van der Waals surface area contributed by atoms with Crippen LogP contribution in [0.5, 0.6) is 11.5 Å². The first kappa shape index (κ1) is 20.8. The standard InChI is InChI=1S/C26H36O2/c1-16-11-21(12-17(2)23(16)27)26(10-8-9-20(15-26)25(5,6)7)22-13-18(3)24(28)19(4)14-22/h11-14,20,27-28H,8-10,15H2,1-7H3. The normalized spacial score (nSPS) is 19.6. The van der Waals surface area contributed by atoms with Crippen molar-refractivity contribution in [1.29, 1.82) is 0 Å². The first-order valence-electron chi connectivity index (χ1n) is 10.6. The molecule has 0 aromatic heterocycles. The fourth-order valence-electron chi connectivity index (χ4n) is 5.17. The molecule has 1 saturated carbocycles. The summed E-state index contributed by atoms with van der Waals surface area (Å²) in [5, 5.41) is 20.7. The van der Waals surface area contributed by atoms with Crippen LogP contribution in [0.15, 0.2) is 24.3 Å². The van der Waals surface area contributed by atoms with Gasteiger partial charge in [-0.05, 0) is 91.7 Å². The van der Waals surface area contributed by atoms with Gasteiger partial charge in [0.25, 0.3) is 0 Å². The second-order valence-electron chi connectivity index (χ2n) is 10.2. The van der Waals surface area contributed by atoms with Crippen molar-refractivity contribution in [2.24, 2.45) is 11.3 Å². The van der Waals surface area contributed by atoms with Gasteiger partial charge >= 0.3 is 0 Å². The molecule has 1 fully saturated rings. The third-order valence-electron chi connectivity index (χ3n) is 7.06. The van der Waals surface area contributed by atoms with E-state index in [1.165, 1.54) is 24.0 Å². The minimum atomic E-state index is -0.0807. The van der Waals surface area contributed by atoms with Gasteiger partial charge in [0.2, 0.25) is 0 Å². The molecule has 0 heterocycles. The SMILES string of the molecule is Cc1cc(C2(c3cc(C)c(O)c(C)c3)CCCC(C(C)(C)C)C2)cc(C)c1O. The molecule has 0 amide bonds. The second-order valence-corrected chi connectivity index (χ2v) is 10.2. The number of hydrogen-bond acceptors (Lipinski definition) is 2. The molecule has 0 spiro atoms. The summed E-state index contributed by atoms with van der Waals surface area (Å²) in [7, 11) is 0. The highest BCUT2D eigenvalue weighted by Gasteiger charge is 2.43. The molecule has 1 atom stereocenters. The van der Waals surface area contributed by atoms with Crippen LogP contribution in [0, 0.1) is 39.0 Å². The summed E-state index contributed by atoms with van der Waals surface area (Å²) in [6, 6.07) is 8.74. The average molecular weight is 381 g/mol. The topological polar surface area (TPSA) is 40.5 Å². The highest BCUT2D eigenvalue weighted by molar-refractivity contribution is 5.52. The summed E-state index contributed by atoms with van der Waals surface area (Å²) in [5.74, 6) is 1.44. The van der Waals surface area contributed by atoms with Crippen LogP contribution >= 0.6 is 0 Å². The van der Waals surface area contributed by atoms with Crippen LogP contribution in [-0.2, 0) is 5.41 Å². The highest BCUT2D eigenvalue weighted by Crippen LogP contribution is 2.52. The predicted molar refractivity (Wildman–Crippen MR) is 117 cm³/mol. The molecule has 2 N–H and O–H groups in total. The Balaban J connectivity index is 2.26. The minimum absolute atomic E-state index is 0.0807. The van der Waals surface area contributed by atoms with Crippen molar-refractivity contribution in [3.05, 3.63) is 57.6 Å². The molecular weight excluding hydrogens is 344 g/mol. The zero-order valence-corrected chi connectivity index (χ0v) is 18.6. The molecule has 1 aliphatic carbocycles. The van der Waals surface area contributed by atoms with E-state index in [1.54, 1.807) is 0 Å². The fraction of sp³-hybridized carbons (Fsp3) is 0.538. The molecule has 0 saturated heterocycles. The Morgan fingerprint density at radius 1 is 0.786 bits per heavy atom. The summed E-state index contributed by atoms with van der Waals surface area (Å²) in [4.78, 5) is 0. The zero-order valence-electron chi connectivity index (χ0n) is 18.6. The van der Waals surface area contributed by atoms with E-state index >= 15 is 0 Å². The van der Waals surface area contributed by atoms with Crippen molar-refractivity contribution in [3.8, 4) is 11.5 Å². The van der Waals surface area contributed by atoms with Crippen molar-refractivity contribution in [2.75, 3.05) is 0 Å². The fourth-order valence-corrected chi connectivity index (χ4v) is 5.17. The average Bonchev–Trinajstić information content (AvgIpc) is 2.62. The van der Waals surface area contributed by atoms with Crippen LogP contribution in [0.25, 0.3) is 0 Å². The first-order valence-corrected chi connectivity index (χ1v) is 10.6. The van der Waals surface area contributed by atoms with E-state index < -0.39 is 0 Å². The number of benzene rings is 2. The monoisotopic (exact) mass is 380 g/mol. The third kappa shape index (κ3) is 3.54. The lowest BCUT2D eigenvalue weighted by molar-refractivity contribution is 0.136. The summed E-state index contributed by atoms with van der Waals surface area (Å²) in [6.07, 6.45) is 4.66. The van der Waals surface area contributed by atoms with Gasteiger partial charge in [-0.15, -0.1) is 0 Å². The number of phenolic OH excluding ortho intramolecular Hbond substituents is 2. The van der Waals surface area contributed by atoms with Gasteiger partial charge in [0, 0.05) is 5.41 Å². The Bertz CT molecular complexity index is 782. The maximum absolute atomic E-state index is 10.4. The quantitative estimate of drug-likeness (QED) is 0.598. The van der Waals surface area contributed by atoms with E-state index in [4.69, 9.17) is 0 Å². The van der Waals surface area contributed by atoms with Gasteiger partial charge in [-0.25, -0.2) is 0 Å². The molecule has 0 bridgehead atoms. The molecular formula is C26H36O2. The largest absolute Gasteiger partial charge is 0.507 e. The van der Waals surface area contributed by atoms with Crippen LogP contribution in [-0.4, -0.2) is 10.2 Å². The zero-order chi connectivity index (χ0) is 20.9. The predicted octanol–water partition coefficient (Wildman–Crippen LogP) is 6.85. The van der Waals surface area contributed by atoms with E-state index in [-0.39, 0.29) is 10.8 Å². The molecule has 152 valence electrons. The van der Waals surface area contributed by atoms with Gasteiger partial charge in [0.15, 0.2) is 0 Å². The Morgan fingerprint density at radius 2 is 1.18 bits per heavy atom. The highest BCUT2D eigenvalue weighted by atomic mass is 16.3. The van der Waals surface area contributed by atoms with Crippen molar-refractivity contribution in [3.63, 3.8) is 0 Å². The van der Waals surface area contributed by atoms with Crippen molar-refractivity contribution >= 4 is 0 Å². The number of phenols is 2. The Morgan fingerprint density at radius 3 is 1.54 bits per heavy atom. The lowest BCUT2D eigenvalue weighted by atomic mass is 9.57. The Labute approximate surface area is 170 Å². The lowest BCUT2D eigenvalue weighted by Crippen LogP contribution is -2.38. The molecule has 2 aromatic carbocycles. The van der Waals surface area contributed by atoms with Gasteiger partial charge < -0.3 is 10.2 Å².